The van der Waals surface area contributed by atoms with E-state index >= 15 is 0 Å². The molecule has 0 radical (unpaired) electrons. The van der Waals surface area contributed by atoms with Gasteiger partial charge in [-0.05, 0) is 58.2 Å². The lowest BCUT2D eigenvalue weighted by atomic mass is 10.0. The largest absolute Gasteiger partial charge is 0.370 e. The van der Waals surface area contributed by atoms with E-state index in [2.05, 4.69) is 137 Å². The van der Waals surface area contributed by atoms with Crippen molar-refractivity contribution in [3.8, 4) is 0 Å². The Labute approximate surface area is 224 Å². The van der Waals surface area contributed by atoms with Crippen LogP contribution in [0.1, 0.15) is 76.5 Å². The van der Waals surface area contributed by atoms with E-state index in [9.17, 15) is 0 Å². The van der Waals surface area contributed by atoms with Crippen LogP contribution in [0.2, 0.25) is 0 Å². The van der Waals surface area contributed by atoms with E-state index in [1.54, 1.807) is 0 Å². The van der Waals surface area contributed by atoms with Crippen LogP contribution >= 0.6 is 0 Å². The smallest absolute Gasteiger partial charge is 0.0955 e. The number of hydrogen-bond donors (Lipinski definition) is 0. The van der Waals surface area contributed by atoms with Crippen molar-refractivity contribution in [2.75, 3.05) is 19.6 Å². The molecule has 0 amide bonds. The Morgan fingerprint density at radius 3 is 0.892 bits per heavy atom. The molecule has 0 aliphatic carbocycles. The Balaban J connectivity index is 1.95. The van der Waals surface area contributed by atoms with Crippen LogP contribution in [0.5, 0.6) is 0 Å². The fourth-order valence-electron chi connectivity index (χ4n) is 4.60. The molecule has 0 N–H and O–H groups in total. The molecule has 4 nitrogen and oxygen atoms in total. The van der Waals surface area contributed by atoms with Crippen molar-refractivity contribution in [1.29, 1.82) is 0 Å². The molecule has 0 aliphatic rings. The summed E-state index contributed by atoms with van der Waals surface area (Å²) in [5.41, 5.74) is 3.55. The Hall–Kier alpha value is -2.50. The van der Waals surface area contributed by atoms with Gasteiger partial charge in [0.1, 0.15) is 0 Å². The van der Waals surface area contributed by atoms with Crippen LogP contribution < -0.4 is 0 Å². The van der Waals surface area contributed by atoms with Gasteiger partial charge in [0.15, 0.2) is 0 Å². The topological polar surface area (TPSA) is 30.9 Å². The predicted octanol–water partition coefficient (Wildman–Crippen LogP) is 7.79. The second-order valence-electron chi connectivity index (χ2n) is 10.5. The van der Waals surface area contributed by atoms with Crippen LogP contribution in [-0.4, -0.2) is 42.8 Å². The molecule has 0 aliphatic heterocycles. The molecule has 0 fully saturated rings. The number of rotatable bonds is 15. The lowest BCUT2D eigenvalue weighted by Crippen LogP contribution is -2.39. The Morgan fingerprint density at radius 1 is 0.432 bits per heavy atom. The zero-order valence-corrected chi connectivity index (χ0v) is 23.4. The van der Waals surface area contributed by atoms with Gasteiger partial charge in [0.05, 0.1) is 36.6 Å². The predicted molar refractivity (Wildman–Crippen MR) is 153 cm³/mol. The van der Waals surface area contributed by atoms with Crippen molar-refractivity contribution in [3.05, 3.63) is 108 Å². The van der Waals surface area contributed by atoms with Crippen molar-refractivity contribution < 1.29 is 14.2 Å². The Kier molecular flexibility index (Phi) is 11.8. The Morgan fingerprint density at radius 2 is 0.676 bits per heavy atom. The molecule has 0 saturated heterocycles. The Bertz CT molecular complexity index is 860. The summed E-state index contributed by atoms with van der Waals surface area (Å²) in [6.45, 7) is 14.8. The minimum absolute atomic E-state index is 0.0628. The average Bonchev–Trinajstić information content (AvgIpc) is 2.88. The summed E-state index contributed by atoms with van der Waals surface area (Å²) in [4.78, 5) is 2.46. The van der Waals surface area contributed by atoms with Gasteiger partial charge < -0.3 is 14.2 Å². The summed E-state index contributed by atoms with van der Waals surface area (Å²) < 4.78 is 19.4. The van der Waals surface area contributed by atoms with Gasteiger partial charge in [0.2, 0.25) is 0 Å². The highest BCUT2D eigenvalue weighted by Gasteiger charge is 2.26. The van der Waals surface area contributed by atoms with Gasteiger partial charge in [-0.1, -0.05) is 91.0 Å². The van der Waals surface area contributed by atoms with E-state index in [4.69, 9.17) is 14.2 Å². The summed E-state index contributed by atoms with van der Waals surface area (Å²) in [5, 5.41) is 0. The lowest BCUT2D eigenvalue weighted by Gasteiger charge is -2.35. The number of hydrogen-bond acceptors (Lipinski definition) is 4. The van der Waals surface area contributed by atoms with E-state index in [1.807, 2.05) is 0 Å². The van der Waals surface area contributed by atoms with E-state index in [0.29, 0.717) is 0 Å². The van der Waals surface area contributed by atoms with Crippen LogP contribution in [-0.2, 0) is 14.2 Å². The van der Waals surface area contributed by atoms with Gasteiger partial charge in [-0.15, -0.1) is 0 Å². The van der Waals surface area contributed by atoms with Crippen molar-refractivity contribution >= 4 is 0 Å². The van der Waals surface area contributed by atoms with E-state index in [-0.39, 0.29) is 36.6 Å². The molecule has 0 aromatic heterocycles. The first-order chi connectivity index (χ1) is 17.8. The summed E-state index contributed by atoms with van der Waals surface area (Å²) >= 11 is 0. The van der Waals surface area contributed by atoms with Crippen LogP contribution in [0.25, 0.3) is 0 Å². The van der Waals surface area contributed by atoms with Gasteiger partial charge >= 0.3 is 0 Å². The molecule has 3 rings (SSSR count). The average molecular weight is 504 g/mol. The number of nitrogens with zero attached hydrogens (tertiary/aromatic N) is 1. The quantitative estimate of drug-likeness (QED) is 0.212. The van der Waals surface area contributed by atoms with E-state index in [1.165, 1.54) is 16.7 Å². The SMILES string of the molecule is CC(C)O[C@@H](CN(C[C@H](OC(C)C)c1ccccc1)C[C@H](OC(C)C)c1ccccc1)c1ccccc1. The van der Waals surface area contributed by atoms with E-state index in [0.717, 1.165) is 19.6 Å². The van der Waals surface area contributed by atoms with Crippen LogP contribution in [0.15, 0.2) is 91.0 Å². The van der Waals surface area contributed by atoms with Crippen LogP contribution in [0.4, 0.5) is 0 Å². The molecule has 3 aromatic carbocycles. The standard InChI is InChI=1S/C33H45NO3/c1-25(2)35-31(28-16-10-7-11-17-28)22-34(23-32(36-26(3)4)29-18-12-8-13-19-29)24-33(37-27(5)6)30-20-14-9-15-21-30/h7-21,25-27,31-33H,22-24H2,1-6H3/t31-,32-,33-/m0/s1. The zero-order chi connectivity index (χ0) is 26.6. The van der Waals surface area contributed by atoms with Crippen molar-refractivity contribution in [2.24, 2.45) is 0 Å². The number of ether oxygens (including phenoxy) is 3. The third-order valence-electron chi connectivity index (χ3n) is 6.10. The second kappa shape index (κ2) is 15.0. The monoisotopic (exact) mass is 503 g/mol. The highest BCUT2D eigenvalue weighted by atomic mass is 16.5. The number of benzene rings is 3. The van der Waals surface area contributed by atoms with Gasteiger partial charge in [0.25, 0.3) is 0 Å². The first kappa shape index (κ1) is 29.1. The summed E-state index contributed by atoms with van der Waals surface area (Å²) in [5.74, 6) is 0. The molecule has 37 heavy (non-hydrogen) atoms. The van der Waals surface area contributed by atoms with Crippen molar-refractivity contribution in [2.45, 2.75) is 78.2 Å². The molecule has 0 bridgehead atoms. The third-order valence-corrected chi connectivity index (χ3v) is 6.10. The normalized spacial score (nSPS) is 14.4. The lowest BCUT2D eigenvalue weighted by molar-refractivity contribution is -0.0641. The van der Waals surface area contributed by atoms with Crippen LogP contribution in [0, 0.1) is 0 Å². The molecule has 0 heterocycles. The first-order valence-electron chi connectivity index (χ1n) is 13.6. The van der Waals surface area contributed by atoms with E-state index < -0.39 is 0 Å². The van der Waals surface area contributed by atoms with Gasteiger partial charge in [-0.2, -0.15) is 0 Å². The molecule has 4 heteroatoms. The second-order valence-corrected chi connectivity index (χ2v) is 10.5. The third kappa shape index (κ3) is 10.1. The summed E-state index contributed by atoms with van der Waals surface area (Å²) in [7, 11) is 0. The maximum atomic E-state index is 6.48. The fourth-order valence-corrected chi connectivity index (χ4v) is 4.60. The molecule has 0 saturated carbocycles. The molecule has 3 atom stereocenters. The fraction of sp³-hybridized carbons (Fsp3) is 0.455. The molecule has 0 spiro atoms. The summed E-state index contributed by atoms with van der Waals surface area (Å²) in [6, 6.07) is 31.6. The van der Waals surface area contributed by atoms with Crippen LogP contribution in [0.3, 0.4) is 0 Å². The van der Waals surface area contributed by atoms with Crippen molar-refractivity contribution in [1.82, 2.24) is 4.90 Å². The molecular formula is C33H45NO3. The highest BCUT2D eigenvalue weighted by molar-refractivity contribution is 5.21. The minimum Gasteiger partial charge on any atom is -0.370 e. The first-order valence-corrected chi connectivity index (χ1v) is 13.6. The minimum atomic E-state index is -0.0628. The zero-order valence-electron chi connectivity index (χ0n) is 23.4. The van der Waals surface area contributed by atoms with Gasteiger partial charge in [0, 0.05) is 19.6 Å². The molecular weight excluding hydrogens is 458 g/mol. The molecule has 0 unspecified atom stereocenters. The maximum absolute atomic E-state index is 6.48. The highest BCUT2D eigenvalue weighted by Crippen LogP contribution is 2.28. The summed E-state index contributed by atoms with van der Waals surface area (Å²) in [6.07, 6.45) is 0.147. The van der Waals surface area contributed by atoms with Gasteiger partial charge in [-0.25, -0.2) is 0 Å². The maximum Gasteiger partial charge on any atom is 0.0955 e. The molecule has 3 aromatic rings. The van der Waals surface area contributed by atoms with Gasteiger partial charge in [-0.3, -0.25) is 4.90 Å². The van der Waals surface area contributed by atoms with Crippen molar-refractivity contribution in [3.63, 3.8) is 0 Å². The molecule has 200 valence electrons.